The molecule has 0 aliphatic carbocycles. The molecule has 1 unspecified atom stereocenters. The fraction of sp³-hybridized carbons (Fsp3) is 0.278. The number of nitrogens with one attached hydrogen (secondary N) is 1. The van der Waals surface area contributed by atoms with Gasteiger partial charge in [0.2, 0.25) is 0 Å². The molecule has 0 saturated carbocycles. The summed E-state index contributed by atoms with van der Waals surface area (Å²) in [6.45, 7) is 5.71. The van der Waals surface area contributed by atoms with E-state index in [1.54, 1.807) is 12.1 Å². The molecule has 0 aromatic heterocycles. The first-order valence-corrected chi connectivity index (χ1v) is 7.30. The molecule has 0 fully saturated rings. The van der Waals surface area contributed by atoms with Crippen LogP contribution in [0.2, 0.25) is 0 Å². The van der Waals surface area contributed by atoms with Crippen molar-refractivity contribution in [2.75, 3.05) is 5.32 Å². The standard InChI is InChI=1S/C18H20FNO2/c1-4-16(22-17-8-6-5-7-14(17)19)18(21)20-15-11-12(2)9-10-13(15)3/h5-11,16H,4H2,1-3H3,(H,20,21). The third-order valence-corrected chi connectivity index (χ3v) is 3.42. The maximum Gasteiger partial charge on any atom is 0.265 e. The maximum absolute atomic E-state index is 13.6. The minimum atomic E-state index is -0.739. The topological polar surface area (TPSA) is 38.3 Å². The van der Waals surface area contributed by atoms with Gasteiger partial charge in [-0.1, -0.05) is 31.2 Å². The molecule has 3 nitrogen and oxygen atoms in total. The quantitative estimate of drug-likeness (QED) is 0.897. The van der Waals surface area contributed by atoms with E-state index in [2.05, 4.69) is 5.32 Å². The summed E-state index contributed by atoms with van der Waals surface area (Å²) < 4.78 is 19.1. The highest BCUT2D eigenvalue weighted by atomic mass is 19.1. The van der Waals surface area contributed by atoms with Gasteiger partial charge in [0.1, 0.15) is 0 Å². The van der Waals surface area contributed by atoms with Crippen molar-refractivity contribution >= 4 is 11.6 Å². The smallest absolute Gasteiger partial charge is 0.265 e. The van der Waals surface area contributed by atoms with Gasteiger partial charge in [-0.15, -0.1) is 0 Å². The molecule has 0 spiro atoms. The Labute approximate surface area is 130 Å². The van der Waals surface area contributed by atoms with Crippen molar-refractivity contribution in [3.8, 4) is 5.75 Å². The number of carbonyl (C=O) groups excluding carboxylic acids is 1. The van der Waals surface area contributed by atoms with E-state index in [1.807, 2.05) is 39.0 Å². The molecule has 2 aromatic rings. The molecule has 1 N–H and O–H groups in total. The lowest BCUT2D eigenvalue weighted by Crippen LogP contribution is -2.32. The van der Waals surface area contributed by atoms with Gasteiger partial charge in [-0.05, 0) is 49.6 Å². The molecule has 2 rings (SSSR count). The summed E-state index contributed by atoms with van der Waals surface area (Å²) in [6, 6.07) is 11.9. The van der Waals surface area contributed by atoms with Gasteiger partial charge in [0.25, 0.3) is 5.91 Å². The number of ether oxygens (including phenoxy) is 1. The minimum Gasteiger partial charge on any atom is -0.478 e. The molecule has 1 amide bonds. The van der Waals surface area contributed by atoms with Gasteiger partial charge in [0.05, 0.1) is 0 Å². The Kier molecular flexibility index (Phi) is 5.15. The number of amides is 1. The average molecular weight is 301 g/mol. The number of benzene rings is 2. The van der Waals surface area contributed by atoms with E-state index in [4.69, 9.17) is 4.74 Å². The van der Waals surface area contributed by atoms with Crippen molar-refractivity contribution in [2.45, 2.75) is 33.3 Å². The van der Waals surface area contributed by atoms with E-state index in [0.29, 0.717) is 6.42 Å². The fourth-order valence-corrected chi connectivity index (χ4v) is 2.10. The number of carbonyl (C=O) groups is 1. The lowest BCUT2D eigenvalue weighted by atomic mass is 10.1. The normalized spacial score (nSPS) is 11.8. The molecule has 1 atom stereocenters. The largest absolute Gasteiger partial charge is 0.478 e. The monoisotopic (exact) mass is 301 g/mol. The fourth-order valence-electron chi connectivity index (χ4n) is 2.10. The predicted octanol–water partition coefficient (Wildman–Crippen LogP) is 4.24. The summed E-state index contributed by atoms with van der Waals surface area (Å²) in [7, 11) is 0. The van der Waals surface area contributed by atoms with Crippen LogP contribution in [0.15, 0.2) is 42.5 Å². The van der Waals surface area contributed by atoms with Crippen LogP contribution >= 0.6 is 0 Å². The van der Waals surface area contributed by atoms with Gasteiger partial charge in [0.15, 0.2) is 17.7 Å². The van der Waals surface area contributed by atoms with Gasteiger partial charge in [0, 0.05) is 5.69 Å². The van der Waals surface area contributed by atoms with Crippen LogP contribution in [0.25, 0.3) is 0 Å². The van der Waals surface area contributed by atoms with Crippen LogP contribution in [0.3, 0.4) is 0 Å². The summed E-state index contributed by atoms with van der Waals surface area (Å²) in [5.74, 6) is -0.662. The number of aryl methyl sites for hydroxylation is 2. The van der Waals surface area contributed by atoms with Gasteiger partial charge in [-0.3, -0.25) is 4.79 Å². The molecule has 2 aromatic carbocycles. The van der Waals surface area contributed by atoms with Crippen LogP contribution in [0.5, 0.6) is 5.75 Å². The number of hydrogen-bond acceptors (Lipinski definition) is 2. The highest BCUT2D eigenvalue weighted by molar-refractivity contribution is 5.95. The molecule has 22 heavy (non-hydrogen) atoms. The zero-order valence-corrected chi connectivity index (χ0v) is 13.0. The number of anilines is 1. The molecule has 4 heteroatoms. The number of para-hydroxylation sites is 1. The molecule has 0 aliphatic rings. The van der Waals surface area contributed by atoms with Crippen LogP contribution in [0, 0.1) is 19.7 Å². The number of hydrogen-bond donors (Lipinski definition) is 1. The molecule has 0 saturated heterocycles. The summed E-state index contributed by atoms with van der Waals surface area (Å²) in [6.07, 6.45) is -0.290. The van der Waals surface area contributed by atoms with Crippen LogP contribution in [-0.2, 0) is 4.79 Å². The molecule has 0 heterocycles. The zero-order valence-electron chi connectivity index (χ0n) is 13.0. The van der Waals surface area contributed by atoms with Crippen molar-refractivity contribution in [1.82, 2.24) is 0 Å². The summed E-state index contributed by atoms with van der Waals surface area (Å²) in [5, 5.41) is 2.86. The Hall–Kier alpha value is -2.36. The van der Waals surface area contributed by atoms with Gasteiger partial charge < -0.3 is 10.1 Å². The molecule has 0 bridgehead atoms. The third kappa shape index (κ3) is 3.85. The second kappa shape index (κ2) is 7.07. The lowest BCUT2D eigenvalue weighted by Gasteiger charge is -2.18. The first-order valence-electron chi connectivity index (χ1n) is 7.30. The third-order valence-electron chi connectivity index (χ3n) is 3.42. The first kappa shape index (κ1) is 16.0. The van der Waals surface area contributed by atoms with E-state index >= 15 is 0 Å². The van der Waals surface area contributed by atoms with Crippen LogP contribution in [0.4, 0.5) is 10.1 Å². The summed E-state index contributed by atoms with van der Waals surface area (Å²) >= 11 is 0. The van der Waals surface area contributed by atoms with Crippen LogP contribution in [0.1, 0.15) is 24.5 Å². The Morgan fingerprint density at radius 1 is 1.23 bits per heavy atom. The van der Waals surface area contributed by atoms with Gasteiger partial charge in [-0.25, -0.2) is 4.39 Å². The Morgan fingerprint density at radius 2 is 1.95 bits per heavy atom. The molecule has 116 valence electrons. The highest BCUT2D eigenvalue weighted by Crippen LogP contribution is 2.20. The van der Waals surface area contributed by atoms with Crippen molar-refractivity contribution in [1.29, 1.82) is 0 Å². The second-order valence-electron chi connectivity index (χ2n) is 5.25. The summed E-state index contributed by atoms with van der Waals surface area (Å²) in [4.78, 5) is 12.4. The van der Waals surface area contributed by atoms with Gasteiger partial charge in [-0.2, -0.15) is 0 Å². The van der Waals surface area contributed by atoms with Crippen LogP contribution in [-0.4, -0.2) is 12.0 Å². The van der Waals surface area contributed by atoms with Crippen molar-refractivity contribution < 1.29 is 13.9 Å². The average Bonchev–Trinajstić information content (AvgIpc) is 2.50. The first-order chi connectivity index (χ1) is 10.5. The SMILES string of the molecule is CCC(Oc1ccccc1F)C(=O)Nc1cc(C)ccc1C. The Balaban J connectivity index is 2.12. The van der Waals surface area contributed by atoms with E-state index in [9.17, 15) is 9.18 Å². The Bertz CT molecular complexity index is 670. The molecule has 0 aliphatic heterocycles. The van der Waals surface area contributed by atoms with E-state index in [1.165, 1.54) is 12.1 Å². The lowest BCUT2D eigenvalue weighted by molar-refractivity contribution is -0.122. The summed E-state index contributed by atoms with van der Waals surface area (Å²) in [5.41, 5.74) is 2.78. The van der Waals surface area contributed by atoms with Crippen molar-refractivity contribution in [3.63, 3.8) is 0 Å². The molecular formula is C18H20FNO2. The number of halogens is 1. The van der Waals surface area contributed by atoms with Crippen LogP contribution < -0.4 is 10.1 Å². The zero-order chi connectivity index (χ0) is 16.1. The number of rotatable bonds is 5. The maximum atomic E-state index is 13.6. The van der Waals surface area contributed by atoms with E-state index in [0.717, 1.165) is 16.8 Å². The molecular weight excluding hydrogens is 281 g/mol. The van der Waals surface area contributed by atoms with E-state index < -0.39 is 11.9 Å². The van der Waals surface area contributed by atoms with Gasteiger partial charge >= 0.3 is 0 Å². The second-order valence-corrected chi connectivity index (χ2v) is 5.25. The minimum absolute atomic E-state index is 0.0884. The predicted molar refractivity (Wildman–Crippen MR) is 85.7 cm³/mol. The Morgan fingerprint density at radius 3 is 2.64 bits per heavy atom. The highest BCUT2D eigenvalue weighted by Gasteiger charge is 2.20. The van der Waals surface area contributed by atoms with E-state index in [-0.39, 0.29) is 11.7 Å². The van der Waals surface area contributed by atoms with Crippen molar-refractivity contribution in [2.24, 2.45) is 0 Å². The molecule has 0 radical (unpaired) electrons. The van der Waals surface area contributed by atoms with Crippen molar-refractivity contribution in [3.05, 3.63) is 59.4 Å².